The molecule has 3 aromatic rings. The molecule has 0 radical (unpaired) electrons. The van der Waals surface area contributed by atoms with Gasteiger partial charge in [-0.25, -0.2) is 0 Å². The van der Waals surface area contributed by atoms with Crippen LogP contribution in [0.2, 0.25) is 0 Å². The molecule has 2 heterocycles. The number of carbonyl (C=O) groups is 2. The first-order valence-corrected chi connectivity index (χ1v) is 10.9. The molecule has 2 amide bonds. The number of benzene rings is 1. The molecule has 0 saturated heterocycles. The van der Waals surface area contributed by atoms with E-state index in [1.54, 1.807) is 17.4 Å². The average molecular weight is 413 g/mol. The van der Waals surface area contributed by atoms with E-state index in [1.165, 1.54) is 21.1 Å². The van der Waals surface area contributed by atoms with Gasteiger partial charge in [0.05, 0.1) is 10.9 Å². The molecule has 4 nitrogen and oxygen atoms in total. The summed E-state index contributed by atoms with van der Waals surface area (Å²) in [4.78, 5) is 28.6. The molecule has 2 atom stereocenters. The van der Waals surface area contributed by atoms with Crippen molar-refractivity contribution in [1.29, 1.82) is 0 Å². The quantitative estimate of drug-likeness (QED) is 0.594. The Bertz CT molecular complexity index is 933. The van der Waals surface area contributed by atoms with Crippen LogP contribution in [0.25, 0.3) is 0 Å². The predicted octanol–water partition coefficient (Wildman–Crippen LogP) is 4.64. The van der Waals surface area contributed by atoms with Gasteiger partial charge in [-0.3, -0.25) is 9.59 Å². The van der Waals surface area contributed by atoms with E-state index >= 15 is 0 Å². The molecule has 6 heteroatoms. The van der Waals surface area contributed by atoms with Gasteiger partial charge in [0.1, 0.15) is 6.04 Å². The molecule has 146 valence electrons. The second kappa shape index (κ2) is 9.17. The Kier molecular flexibility index (Phi) is 6.65. The third-order valence-electron chi connectivity index (χ3n) is 4.55. The summed E-state index contributed by atoms with van der Waals surface area (Å²) >= 11 is 3.09. The van der Waals surface area contributed by atoms with Crippen molar-refractivity contribution >= 4 is 34.5 Å². The van der Waals surface area contributed by atoms with Gasteiger partial charge in [0, 0.05) is 16.2 Å². The fourth-order valence-electron chi connectivity index (χ4n) is 3.17. The molecule has 0 aliphatic rings. The normalized spacial score (nSPS) is 13.0. The van der Waals surface area contributed by atoms with Crippen molar-refractivity contribution in [1.82, 2.24) is 10.6 Å². The first-order valence-electron chi connectivity index (χ1n) is 9.19. The second-order valence-electron chi connectivity index (χ2n) is 6.79. The third-order valence-corrected chi connectivity index (χ3v) is 6.40. The number of carbonyl (C=O) groups excluding carboxylic acids is 2. The van der Waals surface area contributed by atoms with Crippen molar-refractivity contribution in [3.8, 4) is 0 Å². The molecule has 1 aromatic carbocycles. The van der Waals surface area contributed by atoms with Crippen LogP contribution in [0.4, 0.5) is 0 Å². The van der Waals surface area contributed by atoms with Crippen LogP contribution in [0.1, 0.15) is 43.5 Å². The summed E-state index contributed by atoms with van der Waals surface area (Å²) < 4.78 is 0. The van der Waals surface area contributed by atoms with E-state index in [0.717, 1.165) is 11.1 Å². The third kappa shape index (κ3) is 5.09. The number of nitrogens with one attached hydrogen (secondary N) is 2. The molecule has 3 rings (SSSR count). The maximum Gasteiger partial charge on any atom is 0.262 e. The lowest BCUT2D eigenvalue weighted by Gasteiger charge is -2.21. The van der Waals surface area contributed by atoms with E-state index in [-0.39, 0.29) is 17.9 Å². The maximum absolute atomic E-state index is 13.0. The van der Waals surface area contributed by atoms with E-state index in [1.807, 2.05) is 48.7 Å². The average Bonchev–Trinajstić information content (AvgIpc) is 3.31. The van der Waals surface area contributed by atoms with E-state index < -0.39 is 6.04 Å². The Morgan fingerprint density at radius 1 is 1.04 bits per heavy atom. The monoisotopic (exact) mass is 412 g/mol. The minimum Gasteiger partial charge on any atom is -0.348 e. The number of hydrogen-bond acceptors (Lipinski definition) is 4. The highest BCUT2D eigenvalue weighted by Gasteiger charge is 2.24. The summed E-state index contributed by atoms with van der Waals surface area (Å²) in [6.45, 7) is 6.11. The zero-order valence-electron chi connectivity index (χ0n) is 16.2. The van der Waals surface area contributed by atoms with Gasteiger partial charge in [-0.1, -0.05) is 36.4 Å². The van der Waals surface area contributed by atoms with Gasteiger partial charge in [0.25, 0.3) is 5.91 Å². The van der Waals surface area contributed by atoms with Gasteiger partial charge >= 0.3 is 0 Å². The Hall–Kier alpha value is -2.44. The number of thiophene rings is 2. The number of amides is 2. The molecule has 0 unspecified atom stereocenters. The molecular formula is C22H24N2O2S2. The molecule has 0 aliphatic heterocycles. The van der Waals surface area contributed by atoms with Crippen LogP contribution in [0.5, 0.6) is 0 Å². The predicted molar refractivity (Wildman–Crippen MR) is 116 cm³/mol. The van der Waals surface area contributed by atoms with Gasteiger partial charge in [0.15, 0.2) is 0 Å². The zero-order valence-corrected chi connectivity index (χ0v) is 17.8. The summed E-state index contributed by atoms with van der Waals surface area (Å²) in [5.74, 6) is -0.397. The van der Waals surface area contributed by atoms with Gasteiger partial charge in [-0.2, -0.15) is 0 Å². The first-order chi connectivity index (χ1) is 13.4. The fourth-order valence-corrected chi connectivity index (χ4v) is 4.82. The van der Waals surface area contributed by atoms with Crippen molar-refractivity contribution < 1.29 is 9.59 Å². The van der Waals surface area contributed by atoms with Gasteiger partial charge < -0.3 is 10.6 Å². The Morgan fingerprint density at radius 3 is 2.39 bits per heavy atom. The van der Waals surface area contributed by atoms with Crippen LogP contribution in [0, 0.1) is 13.8 Å². The standard InChI is InChI=1S/C22H24N2O2S2/c1-14-12-18(16(3)28-14)15(2)23-21(25)19(13-17-8-5-4-6-9-17)24-22(26)20-10-7-11-27-20/h4-12,15,19H,13H2,1-3H3,(H,23,25)(H,24,26)/t15-,19+/m1/s1. The Morgan fingerprint density at radius 2 is 1.79 bits per heavy atom. The molecule has 28 heavy (non-hydrogen) atoms. The highest BCUT2D eigenvalue weighted by molar-refractivity contribution is 7.12. The highest BCUT2D eigenvalue weighted by atomic mass is 32.1. The van der Waals surface area contributed by atoms with E-state index in [0.29, 0.717) is 11.3 Å². The lowest BCUT2D eigenvalue weighted by molar-refractivity contribution is -0.123. The zero-order chi connectivity index (χ0) is 20.1. The van der Waals surface area contributed by atoms with Crippen LogP contribution < -0.4 is 10.6 Å². The molecule has 0 fully saturated rings. The Labute approximate surface area is 173 Å². The number of hydrogen-bond donors (Lipinski definition) is 2. The summed E-state index contributed by atoms with van der Waals surface area (Å²) in [5.41, 5.74) is 2.13. The van der Waals surface area contributed by atoms with Crippen LogP contribution in [0.15, 0.2) is 53.9 Å². The number of rotatable bonds is 7. The van der Waals surface area contributed by atoms with Crippen molar-refractivity contribution in [2.24, 2.45) is 0 Å². The fraction of sp³-hybridized carbons (Fsp3) is 0.273. The summed E-state index contributed by atoms with van der Waals surface area (Å²) in [6.07, 6.45) is 0.443. The van der Waals surface area contributed by atoms with E-state index in [9.17, 15) is 9.59 Å². The van der Waals surface area contributed by atoms with Crippen LogP contribution in [0.3, 0.4) is 0 Å². The van der Waals surface area contributed by atoms with Gasteiger partial charge in [-0.15, -0.1) is 22.7 Å². The lowest BCUT2D eigenvalue weighted by Crippen LogP contribution is -2.48. The summed E-state index contributed by atoms with van der Waals surface area (Å²) in [6, 6.07) is 14.7. The highest BCUT2D eigenvalue weighted by Crippen LogP contribution is 2.26. The molecule has 2 N–H and O–H groups in total. The van der Waals surface area contributed by atoms with Crippen molar-refractivity contribution in [2.45, 2.75) is 39.3 Å². The van der Waals surface area contributed by atoms with Crippen molar-refractivity contribution in [3.05, 3.63) is 79.7 Å². The van der Waals surface area contributed by atoms with Crippen LogP contribution >= 0.6 is 22.7 Å². The summed E-state index contributed by atoms with van der Waals surface area (Å²) in [7, 11) is 0. The smallest absolute Gasteiger partial charge is 0.262 e. The maximum atomic E-state index is 13.0. The van der Waals surface area contributed by atoms with Crippen molar-refractivity contribution in [2.75, 3.05) is 0 Å². The largest absolute Gasteiger partial charge is 0.348 e. The minimum absolute atomic E-state index is 0.116. The molecule has 2 aromatic heterocycles. The Balaban J connectivity index is 1.75. The van der Waals surface area contributed by atoms with Gasteiger partial charge in [0.2, 0.25) is 5.91 Å². The lowest BCUT2D eigenvalue weighted by atomic mass is 10.0. The van der Waals surface area contributed by atoms with Gasteiger partial charge in [-0.05, 0) is 49.4 Å². The molecular weight excluding hydrogens is 388 g/mol. The van der Waals surface area contributed by atoms with Crippen LogP contribution in [-0.4, -0.2) is 17.9 Å². The van der Waals surface area contributed by atoms with E-state index in [4.69, 9.17) is 0 Å². The first kappa shape index (κ1) is 20.3. The molecule has 0 aliphatic carbocycles. The van der Waals surface area contributed by atoms with Crippen molar-refractivity contribution in [3.63, 3.8) is 0 Å². The minimum atomic E-state index is -0.639. The number of aryl methyl sites for hydroxylation is 2. The van der Waals surface area contributed by atoms with Crippen LogP contribution in [-0.2, 0) is 11.2 Å². The topological polar surface area (TPSA) is 58.2 Å². The molecule has 0 spiro atoms. The second-order valence-corrected chi connectivity index (χ2v) is 9.20. The summed E-state index contributed by atoms with van der Waals surface area (Å²) in [5, 5.41) is 7.84. The molecule has 0 saturated carbocycles. The van der Waals surface area contributed by atoms with E-state index in [2.05, 4.69) is 30.5 Å². The molecule has 0 bridgehead atoms. The SMILES string of the molecule is Cc1cc([C@@H](C)NC(=O)[C@H](Cc2ccccc2)NC(=O)c2cccs2)c(C)s1.